The summed E-state index contributed by atoms with van der Waals surface area (Å²) < 4.78 is 72.2. The first-order valence-corrected chi connectivity index (χ1v) is 12.4. The van der Waals surface area contributed by atoms with Gasteiger partial charge in [0.2, 0.25) is 0 Å². The van der Waals surface area contributed by atoms with Crippen LogP contribution in [0.15, 0.2) is 54.6 Å². The first-order valence-electron chi connectivity index (χ1n) is 12.1. The molecular formula is C28H24ClF5N2O3. The van der Waals surface area contributed by atoms with E-state index in [9.17, 15) is 31.5 Å². The maximum atomic E-state index is 14.4. The van der Waals surface area contributed by atoms with Crippen molar-refractivity contribution in [3.8, 4) is 11.1 Å². The van der Waals surface area contributed by atoms with Gasteiger partial charge in [-0.2, -0.15) is 13.2 Å². The zero-order valence-electron chi connectivity index (χ0n) is 21.0. The van der Waals surface area contributed by atoms with Gasteiger partial charge < -0.3 is 14.5 Å². The number of hydrogen-bond donors (Lipinski definition) is 0. The lowest BCUT2D eigenvalue weighted by molar-refractivity contribution is -0.137. The van der Waals surface area contributed by atoms with Gasteiger partial charge in [0.25, 0.3) is 5.91 Å². The van der Waals surface area contributed by atoms with Gasteiger partial charge in [-0.1, -0.05) is 36.7 Å². The van der Waals surface area contributed by atoms with E-state index >= 15 is 0 Å². The van der Waals surface area contributed by atoms with E-state index < -0.39 is 35.3 Å². The number of hydrogen-bond acceptors (Lipinski definition) is 4. The normalized spacial score (nSPS) is 15.8. The number of nitrogens with zero attached hydrogens (tertiary/aromatic N) is 2. The summed E-state index contributed by atoms with van der Waals surface area (Å²) in [7, 11) is 1.21. The van der Waals surface area contributed by atoms with Crippen LogP contribution >= 0.6 is 11.6 Å². The Morgan fingerprint density at radius 3 is 2.41 bits per heavy atom. The van der Waals surface area contributed by atoms with Gasteiger partial charge in [-0.3, -0.25) is 4.79 Å². The molecule has 0 radical (unpaired) electrons. The quantitative estimate of drug-likeness (QED) is 0.251. The minimum absolute atomic E-state index is 0.0115. The lowest BCUT2D eigenvalue weighted by Gasteiger charge is -2.43. The SMILES string of the molecule is CC[C@@H]1CN(C(=O)c2ccc(C(F)(F)F)cc2Cl)CCN1c1ccc(-c2cccc(F)c2F)cc1C(=O)OC. The highest BCUT2D eigenvalue weighted by atomic mass is 35.5. The van der Waals surface area contributed by atoms with Crippen LogP contribution < -0.4 is 4.90 Å². The molecule has 0 N–H and O–H groups in total. The van der Waals surface area contributed by atoms with E-state index in [0.29, 0.717) is 18.7 Å². The van der Waals surface area contributed by atoms with E-state index in [-0.39, 0.29) is 46.4 Å². The number of ether oxygens (including phenoxy) is 1. The molecule has 4 rings (SSSR count). The molecule has 1 aliphatic heterocycles. The molecular weight excluding hydrogens is 543 g/mol. The zero-order chi connectivity index (χ0) is 28.5. The molecule has 0 aromatic heterocycles. The summed E-state index contributed by atoms with van der Waals surface area (Å²) in [5.74, 6) is -3.23. The molecule has 1 amide bonds. The van der Waals surface area contributed by atoms with Crippen LogP contribution in [-0.4, -0.2) is 49.6 Å². The van der Waals surface area contributed by atoms with Gasteiger partial charge in [-0.25, -0.2) is 13.6 Å². The molecule has 1 saturated heterocycles. The molecule has 1 atom stereocenters. The first kappa shape index (κ1) is 28.4. The van der Waals surface area contributed by atoms with E-state index in [1.165, 1.54) is 30.2 Å². The van der Waals surface area contributed by atoms with Gasteiger partial charge in [0, 0.05) is 31.2 Å². The highest BCUT2D eigenvalue weighted by molar-refractivity contribution is 6.33. The average Bonchev–Trinajstić information content (AvgIpc) is 2.92. The van der Waals surface area contributed by atoms with E-state index in [2.05, 4.69) is 0 Å². The highest BCUT2D eigenvalue weighted by Crippen LogP contribution is 2.35. The lowest BCUT2D eigenvalue weighted by Crippen LogP contribution is -2.55. The monoisotopic (exact) mass is 566 g/mol. The van der Waals surface area contributed by atoms with Crippen molar-refractivity contribution in [1.82, 2.24) is 4.90 Å². The third kappa shape index (κ3) is 5.71. The number of methoxy groups -OCH3 is 1. The first-order chi connectivity index (χ1) is 18.5. The average molecular weight is 567 g/mol. The maximum Gasteiger partial charge on any atom is 0.416 e. The molecule has 0 bridgehead atoms. The number of anilines is 1. The molecule has 3 aromatic rings. The van der Waals surface area contributed by atoms with Crippen LogP contribution in [0.5, 0.6) is 0 Å². The van der Waals surface area contributed by atoms with Gasteiger partial charge in [0.05, 0.1) is 34.5 Å². The summed E-state index contributed by atoms with van der Waals surface area (Å²) in [6.45, 7) is 2.60. The van der Waals surface area contributed by atoms with Crippen molar-refractivity contribution in [2.24, 2.45) is 0 Å². The molecule has 206 valence electrons. The molecule has 1 heterocycles. The third-order valence-electron chi connectivity index (χ3n) is 6.74. The fourth-order valence-corrected chi connectivity index (χ4v) is 4.96. The van der Waals surface area contributed by atoms with Gasteiger partial charge in [-0.15, -0.1) is 0 Å². The fourth-order valence-electron chi connectivity index (χ4n) is 4.70. The van der Waals surface area contributed by atoms with Crippen LogP contribution in [0.4, 0.5) is 27.6 Å². The second-order valence-corrected chi connectivity index (χ2v) is 9.43. The predicted molar refractivity (Wildman–Crippen MR) is 137 cm³/mol. The van der Waals surface area contributed by atoms with Crippen molar-refractivity contribution in [3.63, 3.8) is 0 Å². The molecule has 5 nitrogen and oxygen atoms in total. The molecule has 39 heavy (non-hydrogen) atoms. The molecule has 1 fully saturated rings. The maximum absolute atomic E-state index is 14.4. The highest BCUT2D eigenvalue weighted by Gasteiger charge is 2.34. The second kappa shape index (κ2) is 11.2. The van der Waals surface area contributed by atoms with Crippen molar-refractivity contribution in [3.05, 3.63) is 87.9 Å². The summed E-state index contributed by atoms with van der Waals surface area (Å²) in [5, 5.41) is -0.293. The summed E-state index contributed by atoms with van der Waals surface area (Å²) in [4.78, 5) is 29.3. The molecule has 0 aliphatic carbocycles. The number of piperazine rings is 1. The Morgan fingerprint density at radius 2 is 1.77 bits per heavy atom. The smallest absolute Gasteiger partial charge is 0.416 e. The van der Waals surface area contributed by atoms with Crippen LogP contribution in [0, 0.1) is 11.6 Å². The number of benzene rings is 3. The fraction of sp³-hybridized carbons (Fsp3) is 0.286. The number of carbonyl (C=O) groups is 2. The van der Waals surface area contributed by atoms with Gasteiger partial charge in [0.1, 0.15) is 0 Å². The second-order valence-electron chi connectivity index (χ2n) is 9.02. The van der Waals surface area contributed by atoms with Gasteiger partial charge >= 0.3 is 12.1 Å². The van der Waals surface area contributed by atoms with Crippen molar-refractivity contribution in [2.75, 3.05) is 31.6 Å². The Hall–Kier alpha value is -3.66. The molecule has 0 unspecified atom stereocenters. The zero-order valence-corrected chi connectivity index (χ0v) is 21.7. The van der Waals surface area contributed by atoms with Crippen LogP contribution in [0.2, 0.25) is 5.02 Å². The summed E-state index contributed by atoms with van der Waals surface area (Å²) in [6, 6.07) is 10.8. The Morgan fingerprint density at radius 1 is 1.03 bits per heavy atom. The molecule has 11 heteroatoms. The van der Waals surface area contributed by atoms with Crippen LogP contribution in [-0.2, 0) is 10.9 Å². The number of carbonyl (C=O) groups excluding carboxylic acids is 2. The molecule has 0 saturated carbocycles. The van der Waals surface area contributed by atoms with E-state index in [4.69, 9.17) is 16.3 Å². The number of amides is 1. The molecule has 0 spiro atoms. The Bertz CT molecular complexity index is 1410. The van der Waals surface area contributed by atoms with Gasteiger partial charge in [0.15, 0.2) is 11.6 Å². The lowest BCUT2D eigenvalue weighted by atomic mass is 9.98. The van der Waals surface area contributed by atoms with Crippen molar-refractivity contribution in [2.45, 2.75) is 25.6 Å². The number of alkyl halides is 3. The topological polar surface area (TPSA) is 49.9 Å². The van der Waals surface area contributed by atoms with Gasteiger partial charge in [-0.05, 0) is 48.4 Å². The summed E-state index contributed by atoms with van der Waals surface area (Å²) in [6.07, 6.45) is -4.02. The Kier molecular flexibility index (Phi) is 8.15. The van der Waals surface area contributed by atoms with Crippen LogP contribution in [0.1, 0.15) is 39.6 Å². The standard InChI is InChI=1S/C28H24ClF5N2O3/c1-3-18-15-35(26(37)20-9-8-17(14-22(20)29)28(32,33)34)11-12-36(18)24-10-7-16(13-21(24)27(38)39-2)19-5-4-6-23(30)25(19)31/h4-10,13-14,18H,3,11-12,15H2,1-2H3/t18-/m1/s1. The van der Waals surface area contributed by atoms with E-state index in [0.717, 1.165) is 24.3 Å². The van der Waals surface area contributed by atoms with Crippen LogP contribution in [0.25, 0.3) is 11.1 Å². The Labute approximate surface area is 226 Å². The Balaban J connectivity index is 1.62. The van der Waals surface area contributed by atoms with Crippen molar-refractivity contribution >= 4 is 29.2 Å². The third-order valence-corrected chi connectivity index (χ3v) is 7.05. The van der Waals surface area contributed by atoms with Crippen molar-refractivity contribution < 1.29 is 36.3 Å². The predicted octanol–water partition coefficient (Wildman–Crippen LogP) is 6.83. The molecule has 1 aliphatic rings. The largest absolute Gasteiger partial charge is 0.465 e. The van der Waals surface area contributed by atoms with E-state index in [1.807, 2.05) is 11.8 Å². The minimum atomic E-state index is -4.59. The van der Waals surface area contributed by atoms with Crippen LogP contribution in [0.3, 0.4) is 0 Å². The number of halogens is 6. The molecule has 3 aromatic carbocycles. The number of esters is 1. The van der Waals surface area contributed by atoms with E-state index in [1.54, 1.807) is 12.1 Å². The minimum Gasteiger partial charge on any atom is -0.465 e. The summed E-state index contributed by atoms with van der Waals surface area (Å²) >= 11 is 6.04. The number of rotatable bonds is 5. The van der Waals surface area contributed by atoms with Crippen molar-refractivity contribution in [1.29, 1.82) is 0 Å². The summed E-state index contributed by atoms with van der Waals surface area (Å²) in [5.41, 5.74) is -0.0731.